The molecule has 0 spiro atoms. The largest absolute Gasteiger partial charge is 0.465 e. The van der Waals surface area contributed by atoms with Crippen molar-refractivity contribution in [2.45, 2.75) is 71.1 Å². The summed E-state index contributed by atoms with van der Waals surface area (Å²) in [6, 6.07) is 0.0252. The summed E-state index contributed by atoms with van der Waals surface area (Å²) in [5.74, 6) is -0.166. The minimum absolute atomic E-state index is 0.166. The highest BCUT2D eigenvalue weighted by atomic mass is 16.5. The van der Waals surface area contributed by atoms with Gasteiger partial charge in [0.2, 0.25) is 0 Å². The van der Waals surface area contributed by atoms with Gasteiger partial charge in [-0.3, -0.25) is 4.79 Å². The van der Waals surface area contributed by atoms with Gasteiger partial charge < -0.3 is 14.8 Å². The fourth-order valence-electron chi connectivity index (χ4n) is 2.32. The second-order valence-electron chi connectivity index (χ2n) is 5.19. The van der Waals surface area contributed by atoms with E-state index in [0.717, 1.165) is 0 Å². The molecule has 0 aromatic heterocycles. The first-order valence-electron chi connectivity index (χ1n) is 7.17. The lowest BCUT2D eigenvalue weighted by Gasteiger charge is -2.20. The van der Waals surface area contributed by atoms with Gasteiger partial charge in [-0.25, -0.2) is 0 Å². The third-order valence-electron chi connectivity index (χ3n) is 3.17. The molecule has 0 bridgehead atoms. The van der Waals surface area contributed by atoms with E-state index in [-0.39, 0.29) is 18.1 Å². The van der Waals surface area contributed by atoms with E-state index in [0.29, 0.717) is 25.7 Å². The maximum atomic E-state index is 11.8. The van der Waals surface area contributed by atoms with E-state index in [1.165, 1.54) is 25.7 Å². The molecular weight excluding hydrogens is 230 g/mol. The lowest BCUT2D eigenvalue weighted by atomic mass is 10.2. The standard InChI is InChI=1S/C14H27NO3/c1-4-17-14(16)13(15-11(2)3)9-10-18-12-7-5-6-8-12/h11-13,15H,4-10H2,1-3H3. The van der Waals surface area contributed by atoms with Crippen LogP contribution in [0.15, 0.2) is 0 Å². The van der Waals surface area contributed by atoms with Crippen LogP contribution in [0.4, 0.5) is 0 Å². The number of carbonyl (C=O) groups excluding carboxylic acids is 1. The lowest BCUT2D eigenvalue weighted by molar-refractivity contribution is -0.146. The van der Waals surface area contributed by atoms with Crippen molar-refractivity contribution in [2.75, 3.05) is 13.2 Å². The van der Waals surface area contributed by atoms with Crippen LogP contribution in [0.3, 0.4) is 0 Å². The molecule has 1 saturated carbocycles. The molecule has 0 aromatic rings. The van der Waals surface area contributed by atoms with Crippen molar-refractivity contribution in [3.63, 3.8) is 0 Å². The summed E-state index contributed by atoms with van der Waals surface area (Å²) in [5, 5.41) is 3.24. The average molecular weight is 257 g/mol. The van der Waals surface area contributed by atoms with Crippen molar-refractivity contribution >= 4 is 5.97 Å². The van der Waals surface area contributed by atoms with Gasteiger partial charge in [0.25, 0.3) is 0 Å². The molecular formula is C14H27NO3. The van der Waals surface area contributed by atoms with Crippen molar-refractivity contribution < 1.29 is 14.3 Å². The Morgan fingerprint density at radius 2 is 2.00 bits per heavy atom. The van der Waals surface area contributed by atoms with Crippen LogP contribution in [-0.2, 0) is 14.3 Å². The molecule has 18 heavy (non-hydrogen) atoms. The van der Waals surface area contributed by atoms with Crippen LogP contribution in [-0.4, -0.2) is 37.4 Å². The predicted molar refractivity (Wildman–Crippen MR) is 71.5 cm³/mol. The summed E-state index contributed by atoms with van der Waals surface area (Å²) in [6.45, 7) is 6.96. The van der Waals surface area contributed by atoms with E-state index in [2.05, 4.69) is 5.32 Å². The van der Waals surface area contributed by atoms with Crippen LogP contribution in [0.5, 0.6) is 0 Å². The minimum atomic E-state index is -0.244. The summed E-state index contributed by atoms with van der Waals surface area (Å²) in [4.78, 5) is 11.8. The van der Waals surface area contributed by atoms with E-state index in [9.17, 15) is 4.79 Å². The zero-order chi connectivity index (χ0) is 13.4. The van der Waals surface area contributed by atoms with E-state index in [1.807, 2.05) is 20.8 Å². The number of esters is 1. The zero-order valence-corrected chi connectivity index (χ0v) is 11.9. The molecule has 1 aliphatic carbocycles. The van der Waals surface area contributed by atoms with Gasteiger partial charge >= 0.3 is 5.97 Å². The van der Waals surface area contributed by atoms with Crippen LogP contribution < -0.4 is 5.32 Å². The number of nitrogens with one attached hydrogen (secondary N) is 1. The van der Waals surface area contributed by atoms with Gasteiger partial charge in [-0.2, -0.15) is 0 Å². The lowest BCUT2D eigenvalue weighted by Crippen LogP contribution is -2.42. The third-order valence-corrected chi connectivity index (χ3v) is 3.17. The number of rotatable bonds is 8. The van der Waals surface area contributed by atoms with Crippen LogP contribution in [0, 0.1) is 0 Å². The fourth-order valence-corrected chi connectivity index (χ4v) is 2.32. The van der Waals surface area contributed by atoms with Crippen LogP contribution in [0.1, 0.15) is 52.9 Å². The van der Waals surface area contributed by atoms with E-state index >= 15 is 0 Å². The predicted octanol–water partition coefficient (Wildman–Crippen LogP) is 2.27. The van der Waals surface area contributed by atoms with Gasteiger partial charge in [0.15, 0.2) is 0 Å². The molecule has 1 aliphatic rings. The first kappa shape index (κ1) is 15.4. The van der Waals surface area contributed by atoms with Gasteiger partial charge in [-0.15, -0.1) is 0 Å². The van der Waals surface area contributed by atoms with Crippen molar-refractivity contribution in [3.8, 4) is 0 Å². The number of hydrogen-bond donors (Lipinski definition) is 1. The SMILES string of the molecule is CCOC(=O)C(CCOC1CCCC1)NC(C)C. The molecule has 0 heterocycles. The Kier molecular flexibility index (Phi) is 7.28. The minimum Gasteiger partial charge on any atom is -0.465 e. The highest BCUT2D eigenvalue weighted by molar-refractivity contribution is 5.75. The first-order chi connectivity index (χ1) is 8.63. The Bertz CT molecular complexity index is 237. The van der Waals surface area contributed by atoms with Crippen LogP contribution in [0.2, 0.25) is 0 Å². The molecule has 1 rings (SSSR count). The molecule has 106 valence electrons. The van der Waals surface area contributed by atoms with Crippen molar-refractivity contribution in [3.05, 3.63) is 0 Å². The molecule has 4 heteroatoms. The van der Waals surface area contributed by atoms with E-state index in [4.69, 9.17) is 9.47 Å². The van der Waals surface area contributed by atoms with Gasteiger partial charge in [0.1, 0.15) is 6.04 Å². The van der Waals surface area contributed by atoms with Crippen molar-refractivity contribution in [1.82, 2.24) is 5.32 Å². The quantitative estimate of drug-likeness (QED) is 0.678. The van der Waals surface area contributed by atoms with E-state index < -0.39 is 0 Å². The Balaban J connectivity index is 2.27. The highest BCUT2D eigenvalue weighted by Gasteiger charge is 2.21. The third kappa shape index (κ3) is 5.83. The Labute approximate surface area is 110 Å². The number of hydrogen-bond acceptors (Lipinski definition) is 4. The molecule has 0 aromatic carbocycles. The highest BCUT2D eigenvalue weighted by Crippen LogP contribution is 2.21. The van der Waals surface area contributed by atoms with Gasteiger partial charge in [-0.05, 0) is 26.2 Å². The monoisotopic (exact) mass is 257 g/mol. The molecule has 0 aliphatic heterocycles. The molecule has 4 nitrogen and oxygen atoms in total. The molecule has 1 N–H and O–H groups in total. The summed E-state index contributed by atoms with van der Waals surface area (Å²) < 4.78 is 10.9. The van der Waals surface area contributed by atoms with Crippen LogP contribution in [0.25, 0.3) is 0 Å². The van der Waals surface area contributed by atoms with E-state index in [1.54, 1.807) is 0 Å². The maximum absolute atomic E-state index is 11.8. The van der Waals surface area contributed by atoms with Crippen molar-refractivity contribution in [2.24, 2.45) is 0 Å². The Hall–Kier alpha value is -0.610. The second kappa shape index (κ2) is 8.48. The molecule has 1 atom stereocenters. The van der Waals surface area contributed by atoms with Crippen LogP contribution >= 0.6 is 0 Å². The topological polar surface area (TPSA) is 47.6 Å². The van der Waals surface area contributed by atoms with Gasteiger partial charge in [0.05, 0.1) is 12.7 Å². The number of ether oxygens (including phenoxy) is 2. The Morgan fingerprint density at radius 1 is 1.33 bits per heavy atom. The van der Waals surface area contributed by atoms with Gasteiger partial charge in [-0.1, -0.05) is 26.7 Å². The molecule has 1 fully saturated rings. The second-order valence-corrected chi connectivity index (χ2v) is 5.19. The normalized spacial score (nSPS) is 18.2. The fraction of sp³-hybridized carbons (Fsp3) is 0.929. The molecule has 0 saturated heterocycles. The smallest absolute Gasteiger partial charge is 0.323 e. The summed E-state index contributed by atoms with van der Waals surface area (Å²) >= 11 is 0. The maximum Gasteiger partial charge on any atom is 0.323 e. The molecule has 1 unspecified atom stereocenters. The zero-order valence-electron chi connectivity index (χ0n) is 11.9. The molecule has 0 amide bonds. The first-order valence-corrected chi connectivity index (χ1v) is 7.17. The van der Waals surface area contributed by atoms with Gasteiger partial charge in [0, 0.05) is 12.6 Å². The summed E-state index contributed by atoms with van der Waals surface area (Å²) in [7, 11) is 0. The summed E-state index contributed by atoms with van der Waals surface area (Å²) in [6.07, 6.45) is 5.98. The molecule has 0 radical (unpaired) electrons. The summed E-state index contributed by atoms with van der Waals surface area (Å²) in [5.41, 5.74) is 0. The average Bonchev–Trinajstić information content (AvgIpc) is 2.80. The Morgan fingerprint density at radius 3 is 2.56 bits per heavy atom. The number of carbonyl (C=O) groups is 1. The van der Waals surface area contributed by atoms with Crippen molar-refractivity contribution in [1.29, 1.82) is 0 Å².